The van der Waals surface area contributed by atoms with Gasteiger partial charge >= 0.3 is 5.97 Å². The number of carbonyl (C=O) groups is 1. The average molecular weight is 309 g/mol. The zero-order chi connectivity index (χ0) is 16.2. The van der Waals surface area contributed by atoms with Crippen molar-refractivity contribution in [3.63, 3.8) is 0 Å². The van der Waals surface area contributed by atoms with E-state index in [1.807, 2.05) is 18.2 Å². The molecule has 116 valence electrons. The van der Waals surface area contributed by atoms with E-state index in [1.165, 1.54) is 13.2 Å². The lowest BCUT2D eigenvalue weighted by atomic mass is 10.1. The van der Waals surface area contributed by atoms with Crippen molar-refractivity contribution in [3.8, 4) is 0 Å². The van der Waals surface area contributed by atoms with Crippen molar-refractivity contribution in [3.05, 3.63) is 77.4 Å². The van der Waals surface area contributed by atoms with Crippen LogP contribution in [0.5, 0.6) is 0 Å². The minimum absolute atomic E-state index is 0.0628. The van der Waals surface area contributed by atoms with Gasteiger partial charge in [-0.15, -0.1) is 0 Å². The van der Waals surface area contributed by atoms with Gasteiger partial charge < -0.3 is 14.7 Å². The lowest BCUT2D eigenvalue weighted by Gasteiger charge is -2.08. The van der Waals surface area contributed by atoms with E-state index in [2.05, 4.69) is 5.16 Å². The van der Waals surface area contributed by atoms with Gasteiger partial charge in [0.25, 0.3) is 0 Å². The summed E-state index contributed by atoms with van der Waals surface area (Å²) in [7, 11) is 1.37. The molecular weight excluding hydrogens is 294 g/mol. The van der Waals surface area contributed by atoms with Gasteiger partial charge in [-0.2, -0.15) is 0 Å². The Morgan fingerprint density at radius 3 is 2.52 bits per heavy atom. The van der Waals surface area contributed by atoms with Gasteiger partial charge in [0, 0.05) is 11.1 Å². The number of oxime groups is 1. The number of aliphatic hydroxyl groups excluding tert-OH is 1. The highest BCUT2D eigenvalue weighted by atomic mass is 16.6. The highest BCUT2D eigenvalue weighted by Gasteiger charge is 2.26. The number of benzene rings is 2. The minimum atomic E-state index is -0.784. The molecule has 0 radical (unpaired) electrons. The van der Waals surface area contributed by atoms with Crippen molar-refractivity contribution in [1.29, 1.82) is 0 Å². The van der Waals surface area contributed by atoms with Crippen LogP contribution < -0.4 is 0 Å². The van der Waals surface area contributed by atoms with Crippen LogP contribution in [-0.2, 0) is 14.4 Å². The molecule has 1 aliphatic rings. The number of aliphatic hydroxyl groups is 1. The Morgan fingerprint density at radius 2 is 1.78 bits per heavy atom. The van der Waals surface area contributed by atoms with E-state index in [9.17, 15) is 9.90 Å². The number of fused-ring (bicyclic) bond motifs is 1. The van der Waals surface area contributed by atoms with Crippen LogP contribution in [0.15, 0.2) is 65.8 Å². The van der Waals surface area contributed by atoms with Crippen LogP contribution in [0.25, 0.3) is 5.76 Å². The van der Waals surface area contributed by atoms with Crippen molar-refractivity contribution in [2.45, 2.75) is 6.10 Å². The molecule has 3 rings (SSSR count). The third kappa shape index (κ3) is 3.00. The largest absolute Gasteiger partial charge is 0.421 e. The summed E-state index contributed by atoms with van der Waals surface area (Å²) in [6.45, 7) is 0. The molecule has 2 aromatic rings. The number of ether oxygens (including phenoxy) is 1. The number of hydrogen-bond donors (Lipinski definition) is 1. The number of esters is 1. The first-order chi connectivity index (χ1) is 11.2. The molecule has 0 spiro atoms. The van der Waals surface area contributed by atoms with Crippen LogP contribution >= 0.6 is 0 Å². The summed E-state index contributed by atoms with van der Waals surface area (Å²) >= 11 is 0. The van der Waals surface area contributed by atoms with E-state index in [1.54, 1.807) is 36.4 Å². The Bertz CT molecular complexity index is 781. The van der Waals surface area contributed by atoms with Crippen molar-refractivity contribution in [2.24, 2.45) is 5.16 Å². The Kier molecular flexibility index (Phi) is 4.21. The van der Waals surface area contributed by atoms with E-state index in [0.717, 1.165) is 0 Å². The number of hydrogen-bond acceptors (Lipinski definition) is 5. The van der Waals surface area contributed by atoms with Crippen LogP contribution in [-0.4, -0.2) is 23.9 Å². The molecule has 2 aromatic carbocycles. The summed E-state index contributed by atoms with van der Waals surface area (Å²) in [5.41, 5.74) is 2.05. The molecule has 1 atom stereocenters. The summed E-state index contributed by atoms with van der Waals surface area (Å²) in [5, 5.41) is 13.8. The van der Waals surface area contributed by atoms with Crippen LogP contribution in [0.4, 0.5) is 0 Å². The third-order valence-corrected chi connectivity index (χ3v) is 3.48. The molecule has 5 heteroatoms. The zero-order valence-electron chi connectivity index (χ0n) is 12.5. The van der Waals surface area contributed by atoms with E-state index < -0.39 is 12.1 Å². The van der Waals surface area contributed by atoms with Gasteiger partial charge in [-0.05, 0) is 11.6 Å². The zero-order valence-corrected chi connectivity index (χ0v) is 12.5. The fourth-order valence-corrected chi connectivity index (χ4v) is 2.43. The van der Waals surface area contributed by atoms with Gasteiger partial charge in [-0.25, -0.2) is 4.79 Å². The molecule has 5 nitrogen and oxygen atoms in total. The molecule has 0 saturated heterocycles. The monoisotopic (exact) mass is 309 g/mol. The Morgan fingerprint density at radius 1 is 1.09 bits per heavy atom. The second-order valence-electron chi connectivity index (χ2n) is 4.94. The molecule has 0 heterocycles. The maximum atomic E-state index is 12.5. The molecule has 0 aromatic heterocycles. The lowest BCUT2D eigenvalue weighted by molar-refractivity contribution is -0.129. The van der Waals surface area contributed by atoms with E-state index in [0.29, 0.717) is 22.4 Å². The highest BCUT2D eigenvalue weighted by Crippen LogP contribution is 2.34. The average Bonchev–Trinajstić information content (AvgIpc) is 2.90. The van der Waals surface area contributed by atoms with Gasteiger partial charge in [0.15, 0.2) is 5.71 Å². The smallest absolute Gasteiger partial charge is 0.366 e. The summed E-state index contributed by atoms with van der Waals surface area (Å²) in [6, 6.07) is 16.1. The third-order valence-electron chi connectivity index (χ3n) is 3.48. The predicted octanol–water partition coefficient (Wildman–Crippen LogP) is 2.67. The lowest BCUT2D eigenvalue weighted by Crippen LogP contribution is -2.18. The van der Waals surface area contributed by atoms with Crippen LogP contribution in [0, 0.1) is 0 Å². The molecule has 0 fully saturated rings. The Balaban J connectivity index is 1.87. The van der Waals surface area contributed by atoms with Gasteiger partial charge in [0.1, 0.15) is 19.0 Å². The van der Waals surface area contributed by atoms with Crippen LogP contribution in [0.2, 0.25) is 0 Å². The quantitative estimate of drug-likeness (QED) is 0.535. The van der Waals surface area contributed by atoms with E-state index in [-0.39, 0.29) is 5.71 Å². The summed E-state index contributed by atoms with van der Waals surface area (Å²) in [5.74, 6) is -0.328. The van der Waals surface area contributed by atoms with Gasteiger partial charge in [-0.3, -0.25) is 0 Å². The summed E-state index contributed by atoms with van der Waals surface area (Å²) in [4.78, 5) is 17.2. The van der Waals surface area contributed by atoms with E-state index in [4.69, 9.17) is 9.57 Å². The normalized spacial score (nSPS) is 16.5. The van der Waals surface area contributed by atoms with Gasteiger partial charge in [0.2, 0.25) is 0 Å². The number of nitrogens with zero attached hydrogens (tertiary/aromatic N) is 1. The summed E-state index contributed by atoms with van der Waals surface area (Å²) in [6.07, 6.45) is 0.714. The minimum Gasteiger partial charge on any atom is -0.421 e. The topological polar surface area (TPSA) is 68.1 Å². The maximum Gasteiger partial charge on any atom is 0.366 e. The number of rotatable bonds is 4. The van der Waals surface area contributed by atoms with E-state index >= 15 is 0 Å². The van der Waals surface area contributed by atoms with Crippen LogP contribution in [0.1, 0.15) is 22.8 Å². The molecule has 0 amide bonds. The van der Waals surface area contributed by atoms with Gasteiger partial charge in [0.05, 0.1) is 0 Å². The van der Waals surface area contributed by atoms with Crippen LogP contribution in [0.3, 0.4) is 0 Å². The molecular formula is C18H15NO4. The molecule has 0 bridgehead atoms. The SMILES string of the molecule is CO/N=C(/C(=O)OC1=CC(O)c2ccccc21)c1ccccc1. The first-order valence-corrected chi connectivity index (χ1v) is 7.08. The highest BCUT2D eigenvalue weighted by molar-refractivity contribution is 6.43. The first-order valence-electron chi connectivity index (χ1n) is 7.08. The maximum absolute atomic E-state index is 12.5. The first kappa shape index (κ1) is 15.0. The molecule has 23 heavy (non-hydrogen) atoms. The van der Waals surface area contributed by atoms with Gasteiger partial charge in [-0.1, -0.05) is 59.8 Å². The van der Waals surface area contributed by atoms with Crippen molar-refractivity contribution in [2.75, 3.05) is 7.11 Å². The fourth-order valence-electron chi connectivity index (χ4n) is 2.43. The second kappa shape index (κ2) is 6.46. The molecule has 0 aliphatic heterocycles. The predicted molar refractivity (Wildman–Crippen MR) is 85.5 cm³/mol. The molecule has 1 aliphatic carbocycles. The standard InChI is InChI=1S/C18H15NO4/c1-22-19-17(12-7-3-2-4-8-12)18(21)23-16-11-15(20)13-9-5-6-10-14(13)16/h2-11,15,20H,1H3/b19-17+. The Hall–Kier alpha value is -2.92. The van der Waals surface area contributed by atoms with Crippen molar-refractivity contribution < 1.29 is 19.5 Å². The Labute approximate surface area is 133 Å². The second-order valence-corrected chi connectivity index (χ2v) is 4.94. The van der Waals surface area contributed by atoms with Crippen molar-refractivity contribution in [1.82, 2.24) is 0 Å². The molecule has 0 saturated carbocycles. The number of carbonyl (C=O) groups excluding carboxylic acids is 1. The van der Waals surface area contributed by atoms with Crippen molar-refractivity contribution >= 4 is 17.4 Å². The summed E-state index contributed by atoms with van der Waals surface area (Å²) < 4.78 is 5.43. The molecule has 1 unspecified atom stereocenters. The molecule has 1 N–H and O–H groups in total. The fraction of sp³-hybridized carbons (Fsp3) is 0.111.